The zero-order valence-corrected chi connectivity index (χ0v) is 27.8. The molecule has 0 bridgehead atoms. The minimum Gasteiger partial charge on any atom is -0.340 e. The summed E-state index contributed by atoms with van der Waals surface area (Å²) >= 11 is 0. The van der Waals surface area contributed by atoms with E-state index in [1.807, 2.05) is 60.3 Å². The number of halogens is 2. The van der Waals surface area contributed by atoms with Gasteiger partial charge < -0.3 is 15.5 Å². The van der Waals surface area contributed by atoms with Gasteiger partial charge in [-0.1, -0.05) is 68.2 Å². The number of nitrogens with one attached hydrogen (secondary N) is 2. The van der Waals surface area contributed by atoms with Gasteiger partial charge in [0.15, 0.2) is 17.5 Å². The molecule has 1 amide bonds. The highest BCUT2D eigenvalue weighted by Gasteiger charge is 2.28. The zero-order chi connectivity index (χ0) is 32.2. The predicted molar refractivity (Wildman–Crippen MR) is 172 cm³/mol. The summed E-state index contributed by atoms with van der Waals surface area (Å²) in [5.74, 6) is -1.44. The lowest BCUT2D eigenvalue weighted by atomic mass is 10.0. The van der Waals surface area contributed by atoms with E-state index in [1.165, 1.54) is 18.3 Å². The lowest BCUT2D eigenvalue weighted by molar-refractivity contribution is -0.118. The summed E-state index contributed by atoms with van der Waals surface area (Å²) in [6.07, 6.45) is 8.67. The number of aryl methyl sites for hydroxylation is 1. The molecule has 238 valence electrons. The molecule has 10 heteroatoms. The minimum absolute atomic E-state index is 0.0124. The first-order chi connectivity index (χ1) is 20.4. The van der Waals surface area contributed by atoms with E-state index in [9.17, 15) is 9.18 Å². The number of fused-ring (bicyclic) bond motifs is 1. The van der Waals surface area contributed by atoms with Crippen LogP contribution in [0.15, 0.2) is 24.5 Å². The first-order valence-corrected chi connectivity index (χ1v) is 15.5. The van der Waals surface area contributed by atoms with Crippen molar-refractivity contribution in [3.63, 3.8) is 0 Å². The molecule has 3 heterocycles. The highest BCUT2D eigenvalue weighted by Crippen LogP contribution is 2.35. The van der Waals surface area contributed by atoms with Gasteiger partial charge in [-0.3, -0.25) is 14.2 Å². The quantitative estimate of drug-likeness (QED) is 0.248. The molecule has 8 nitrogen and oxygen atoms in total. The number of amides is 1. The normalized spacial score (nSPS) is 11.4. The highest BCUT2D eigenvalue weighted by atomic mass is 19.2. The van der Waals surface area contributed by atoms with E-state index in [1.54, 1.807) is 22.8 Å². The molecule has 42 heavy (non-hydrogen) atoms. The van der Waals surface area contributed by atoms with Crippen molar-refractivity contribution in [1.82, 2.24) is 29.8 Å². The van der Waals surface area contributed by atoms with Gasteiger partial charge in [0.05, 0.1) is 24.5 Å². The number of hydrogen-bond acceptors (Lipinski definition) is 5. The van der Waals surface area contributed by atoms with Crippen molar-refractivity contribution in [3.8, 4) is 11.1 Å². The van der Waals surface area contributed by atoms with Gasteiger partial charge in [0.25, 0.3) is 0 Å². The van der Waals surface area contributed by atoms with Crippen LogP contribution in [0.3, 0.4) is 0 Å². The highest BCUT2D eigenvalue weighted by molar-refractivity contribution is 5.69. The third-order valence-corrected chi connectivity index (χ3v) is 6.21. The Bertz CT molecular complexity index is 1150. The van der Waals surface area contributed by atoms with Crippen LogP contribution in [0.2, 0.25) is 0 Å². The standard InChI is InChI=1S/C24H30F2N6O.C2H7N.3C2H6/c1-4-6-17(7-5-2)32-21-10-11-31(15-33)14-19(21)24(29-32)28-20-9-8-18(22(25)23(20)26)16-12-27-30(3)13-16;1-3-2;3*1-2/h8-9,12-13,15,17H,4-7,10-11,14H2,1-3H3,(H,28,29);3H,1-2H3;3*1-2H3. The van der Waals surface area contributed by atoms with Crippen LogP contribution in [0.4, 0.5) is 20.3 Å². The first-order valence-electron chi connectivity index (χ1n) is 15.5. The number of hydrogen-bond donors (Lipinski definition) is 2. The summed E-state index contributed by atoms with van der Waals surface area (Å²) in [7, 11) is 5.47. The van der Waals surface area contributed by atoms with Gasteiger partial charge >= 0.3 is 0 Å². The second-order valence-corrected chi connectivity index (χ2v) is 9.09. The van der Waals surface area contributed by atoms with Gasteiger partial charge in [0, 0.05) is 48.6 Å². The zero-order valence-electron chi connectivity index (χ0n) is 27.8. The molecule has 0 fully saturated rings. The topological polar surface area (TPSA) is 80.0 Å². The lowest BCUT2D eigenvalue weighted by Gasteiger charge is -2.26. The Morgan fingerprint density at radius 3 is 2.10 bits per heavy atom. The molecular weight excluding hydrogens is 536 g/mol. The summed E-state index contributed by atoms with van der Waals surface area (Å²) in [5.41, 5.74) is 2.60. The van der Waals surface area contributed by atoms with Crippen LogP contribution < -0.4 is 10.6 Å². The number of carbonyl (C=O) groups is 1. The second-order valence-electron chi connectivity index (χ2n) is 9.09. The van der Waals surface area contributed by atoms with Crippen molar-refractivity contribution < 1.29 is 13.6 Å². The van der Waals surface area contributed by atoms with Crippen LogP contribution >= 0.6 is 0 Å². The number of carbonyl (C=O) groups excluding carboxylic acids is 1. The van der Waals surface area contributed by atoms with Crippen molar-refractivity contribution in [1.29, 1.82) is 0 Å². The summed E-state index contributed by atoms with van der Waals surface area (Å²) in [5, 5.41) is 14.6. The molecule has 1 aromatic carbocycles. The van der Waals surface area contributed by atoms with Gasteiger partial charge in [-0.2, -0.15) is 10.2 Å². The molecule has 0 spiro atoms. The molecule has 4 rings (SSSR count). The maximum Gasteiger partial charge on any atom is 0.210 e. The van der Waals surface area contributed by atoms with E-state index >= 15 is 4.39 Å². The van der Waals surface area contributed by atoms with Gasteiger partial charge in [-0.25, -0.2) is 8.78 Å². The van der Waals surface area contributed by atoms with E-state index in [4.69, 9.17) is 5.10 Å². The Morgan fingerprint density at radius 1 is 1.00 bits per heavy atom. The van der Waals surface area contributed by atoms with E-state index in [2.05, 4.69) is 29.6 Å². The Hall–Kier alpha value is -3.27. The van der Waals surface area contributed by atoms with Gasteiger partial charge in [-0.05, 0) is 39.1 Å². The molecule has 1 aliphatic heterocycles. The number of anilines is 2. The molecular formula is C32H55F2N7O. The molecule has 2 N–H and O–H groups in total. The maximum absolute atomic E-state index is 15.1. The Balaban J connectivity index is 0.00000169. The molecule has 0 aliphatic carbocycles. The largest absolute Gasteiger partial charge is 0.340 e. The average molecular weight is 592 g/mol. The monoisotopic (exact) mass is 591 g/mol. The van der Waals surface area contributed by atoms with E-state index < -0.39 is 11.6 Å². The Labute approximate surface area is 252 Å². The fourth-order valence-corrected chi connectivity index (χ4v) is 4.57. The van der Waals surface area contributed by atoms with E-state index in [0.717, 1.165) is 43.4 Å². The lowest BCUT2D eigenvalue weighted by Crippen LogP contribution is -2.30. The van der Waals surface area contributed by atoms with Crippen molar-refractivity contribution in [3.05, 3.63) is 47.4 Å². The number of benzene rings is 1. The van der Waals surface area contributed by atoms with Crippen LogP contribution in [0.1, 0.15) is 98.4 Å². The molecule has 0 saturated heterocycles. The van der Waals surface area contributed by atoms with E-state index in [-0.39, 0.29) is 17.3 Å². The van der Waals surface area contributed by atoms with Gasteiger partial charge in [0.1, 0.15) is 0 Å². The van der Waals surface area contributed by atoms with E-state index in [0.29, 0.717) is 30.9 Å². The van der Waals surface area contributed by atoms with Crippen molar-refractivity contribution in [2.45, 2.75) is 100 Å². The van der Waals surface area contributed by atoms with Gasteiger partial charge in [0.2, 0.25) is 6.41 Å². The molecule has 1 aliphatic rings. The molecule has 0 unspecified atom stereocenters. The fourth-order valence-electron chi connectivity index (χ4n) is 4.57. The third-order valence-electron chi connectivity index (χ3n) is 6.21. The Morgan fingerprint density at radius 2 is 1.60 bits per heavy atom. The summed E-state index contributed by atoms with van der Waals surface area (Å²) in [6, 6.07) is 3.29. The number of aromatic nitrogens is 4. The molecule has 0 radical (unpaired) electrons. The summed E-state index contributed by atoms with van der Waals surface area (Å²) < 4.78 is 33.6. The summed E-state index contributed by atoms with van der Waals surface area (Å²) in [4.78, 5) is 13.1. The second kappa shape index (κ2) is 21.4. The van der Waals surface area contributed by atoms with Gasteiger partial charge in [-0.15, -0.1) is 0 Å². The predicted octanol–water partition coefficient (Wildman–Crippen LogP) is 7.88. The van der Waals surface area contributed by atoms with Crippen LogP contribution in [0.5, 0.6) is 0 Å². The van der Waals surface area contributed by atoms with Crippen LogP contribution in [-0.4, -0.2) is 51.5 Å². The SMILES string of the molecule is CC.CC.CC.CCCC(CCC)n1nc(Nc2ccc(-c3cnn(C)c3)c(F)c2F)c2c1CCN(C=O)C2.CNC. The minimum atomic E-state index is -0.971. The van der Waals surface area contributed by atoms with Crippen molar-refractivity contribution in [2.24, 2.45) is 7.05 Å². The van der Waals surface area contributed by atoms with Crippen LogP contribution in [0.25, 0.3) is 11.1 Å². The first kappa shape index (κ1) is 38.7. The van der Waals surface area contributed by atoms with Crippen LogP contribution in [0, 0.1) is 11.6 Å². The average Bonchev–Trinajstić information content (AvgIpc) is 3.62. The number of rotatable bonds is 9. The molecule has 0 atom stereocenters. The van der Waals surface area contributed by atoms with Crippen molar-refractivity contribution >= 4 is 17.9 Å². The third kappa shape index (κ3) is 10.2. The summed E-state index contributed by atoms with van der Waals surface area (Å²) in [6.45, 7) is 17.3. The Kier molecular flexibility index (Phi) is 19.8. The molecule has 0 saturated carbocycles. The number of nitrogens with zero attached hydrogens (tertiary/aromatic N) is 5. The smallest absolute Gasteiger partial charge is 0.210 e. The molecule has 3 aromatic rings. The fraction of sp³-hybridized carbons (Fsp3) is 0.594. The van der Waals surface area contributed by atoms with Crippen LogP contribution in [-0.2, 0) is 24.8 Å². The van der Waals surface area contributed by atoms with Crippen molar-refractivity contribution in [2.75, 3.05) is 26.0 Å². The maximum atomic E-state index is 15.1. The molecule has 2 aromatic heterocycles.